The number of nitrogens with one attached hydrogen (secondary N) is 2. The maximum Gasteiger partial charge on any atom is 0.243 e. The van der Waals surface area contributed by atoms with Crippen molar-refractivity contribution >= 4 is 34.2 Å². The summed E-state index contributed by atoms with van der Waals surface area (Å²) in [4.78, 5) is 53.8. The fourth-order valence-electron chi connectivity index (χ4n) is 3.77. The van der Waals surface area contributed by atoms with Crippen molar-refractivity contribution in [3.63, 3.8) is 0 Å². The molecule has 37 heavy (non-hydrogen) atoms. The number of amides is 2. The quantitative estimate of drug-likeness (QED) is 0.363. The molecule has 0 aliphatic heterocycles. The molecule has 3 aromatic rings. The van der Waals surface area contributed by atoms with Crippen LogP contribution in [0.15, 0.2) is 54.7 Å². The topological polar surface area (TPSA) is 124 Å². The molecule has 2 aromatic carbocycles. The van der Waals surface area contributed by atoms with Crippen molar-refractivity contribution in [3.05, 3.63) is 65.9 Å². The lowest BCUT2D eigenvalue weighted by atomic mass is 10.0. The monoisotopic (exact) mass is 505 g/mol. The maximum absolute atomic E-state index is 12.8. The summed E-state index contributed by atoms with van der Waals surface area (Å²) in [6, 6.07) is 13.4. The number of benzene rings is 2. The molecule has 0 fully saturated rings. The molecule has 1 aromatic heterocycles. The largest absolute Gasteiger partial charge is 0.496 e. The average molecular weight is 506 g/mol. The van der Waals surface area contributed by atoms with E-state index < -0.39 is 17.9 Å². The number of hydrogen-bond donors (Lipinski definition) is 2. The summed E-state index contributed by atoms with van der Waals surface area (Å²) in [5.41, 5.74) is 0.992. The van der Waals surface area contributed by atoms with Crippen molar-refractivity contribution in [2.45, 2.75) is 33.2 Å². The van der Waals surface area contributed by atoms with Gasteiger partial charge in [0.25, 0.3) is 0 Å². The molecule has 0 aliphatic rings. The van der Waals surface area contributed by atoms with Gasteiger partial charge in [-0.2, -0.15) is 0 Å². The Bertz CT molecular complexity index is 1300. The highest BCUT2D eigenvalue weighted by Crippen LogP contribution is 2.23. The van der Waals surface area contributed by atoms with Gasteiger partial charge in [0.2, 0.25) is 17.7 Å². The third-order valence-corrected chi connectivity index (χ3v) is 5.77. The Morgan fingerprint density at radius 2 is 1.78 bits per heavy atom. The number of fused-ring (bicyclic) bond motifs is 1. The first-order valence-corrected chi connectivity index (χ1v) is 11.9. The Morgan fingerprint density at radius 3 is 2.49 bits per heavy atom. The average Bonchev–Trinajstić information content (AvgIpc) is 2.88. The minimum atomic E-state index is -0.858. The van der Waals surface area contributed by atoms with Crippen LogP contribution in [0.4, 0.5) is 0 Å². The number of Topliss-reactive ketones (excluding diaryl/α,β-unsaturated/α-hetero) is 2. The van der Waals surface area contributed by atoms with Crippen molar-refractivity contribution in [1.29, 1.82) is 0 Å². The van der Waals surface area contributed by atoms with Gasteiger partial charge < -0.3 is 20.1 Å². The Morgan fingerprint density at radius 1 is 1.03 bits per heavy atom. The van der Waals surface area contributed by atoms with E-state index in [0.717, 1.165) is 10.8 Å². The van der Waals surface area contributed by atoms with E-state index in [4.69, 9.17) is 9.47 Å². The molecule has 1 unspecified atom stereocenters. The molecule has 9 heteroatoms. The second kappa shape index (κ2) is 12.6. The molecule has 9 nitrogen and oxygen atoms in total. The SMILES string of the molecule is COc1ccc(C(C)=O)cc1CC(=O)NC(C(=O)NCC(=O)COc1nccc2ccccc12)C(C)C. The van der Waals surface area contributed by atoms with Crippen LogP contribution in [0.2, 0.25) is 0 Å². The lowest BCUT2D eigenvalue weighted by Gasteiger charge is -2.22. The second-order valence-corrected chi connectivity index (χ2v) is 8.93. The van der Waals surface area contributed by atoms with Crippen LogP contribution in [0, 0.1) is 5.92 Å². The number of methoxy groups -OCH3 is 1. The van der Waals surface area contributed by atoms with Crippen LogP contribution >= 0.6 is 0 Å². The first kappa shape index (κ1) is 27.3. The van der Waals surface area contributed by atoms with Crippen LogP contribution in [0.3, 0.4) is 0 Å². The minimum Gasteiger partial charge on any atom is -0.496 e. The van der Waals surface area contributed by atoms with Gasteiger partial charge in [0.15, 0.2) is 18.2 Å². The van der Waals surface area contributed by atoms with E-state index in [1.807, 2.05) is 30.3 Å². The second-order valence-electron chi connectivity index (χ2n) is 8.93. The van der Waals surface area contributed by atoms with Crippen LogP contribution in [-0.2, 0) is 20.8 Å². The molecule has 0 spiro atoms. The number of carbonyl (C=O) groups is 4. The molecule has 3 rings (SSSR count). The lowest BCUT2D eigenvalue weighted by molar-refractivity contribution is -0.131. The summed E-state index contributed by atoms with van der Waals surface area (Å²) >= 11 is 0. The van der Waals surface area contributed by atoms with Crippen molar-refractivity contribution in [2.24, 2.45) is 5.92 Å². The summed E-state index contributed by atoms with van der Waals surface area (Å²) in [7, 11) is 1.48. The van der Waals surface area contributed by atoms with Crippen LogP contribution in [-0.4, -0.2) is 54.7 Å². The first-order valence-electron chi connectivity index (χ1n) is 11.9. The summed E-state index contributed by atoms with van der Waals surface area (Å²) in [6.45, 7) is 4.51. The van der Waals surface area contributed by atoms with Crippen molar-refractivity contribution in [3.8, 4) is 11.6 Å². The smallest absolute Gasteiger partial charge is 0.243 e. The number of ketones is 2. The van der Waals surface area contributed by atoms with Crippen LogP contribution in [0.25, 0.3) is 10.8 Å². The summed E-state index contributed by atoms with van der Waals surface area (Å²) in [5, 5.41) is 7.03. The van der Waals surface area contributed by atoms with Crippen molar-refractivity contribution in [1.82, 2.24) is 15.6 Å². The van der Waals surface area contributed by atoms with Crippen molar-refractivity contribution < 1.29 is 28.7 Å². The molecule has 1 heterocycles. The molecule has 0 bridgehead atoms. The standard InChI is InChI=1S/C28H31N3O6/c1-17(2)26(31-25(34)14-21-13-20(18(3)32)9-10-24(21)36-4)27(35)30-15-22(33)16-37-28-23-8-6-5-7-19(23)11-12-29-28/h5-13,17,26H,14-16H2,1-4H3,(H,30,35)(H,31,34). The van der Waals surface area contributed by atoms with Gasteiger partial charge in [0.05, 0.1) is 20.1 Å². The van der Waals surface area contributed by atoms with E-state index in [9.17, 15) is 19.2 Å². The number of aromatic nitrogens is 1. The van der Waals surface area contributed by atoms with Gasteiger partial charge in [-0.15, -0.1) is 0 Å². The molecular weight excluding hydrogens is 474 g/mol. The van der Waals surface area contributed by atoms with E-state index in [1.165, 1.54) is 14.0 Å². The maximum atomic E-state index is 12.8. The van der Waals surface area contributed by atoms with E-state index in [-0.39, 0.29) is 37.1 Å². The van der Waals surface area contributed by atoms with Gasteiger partial charge in [-0.05, 0) is 48.6 Å². The third-order valence-electron chi connectivity index (χ3n) is 5.77. The number of rotatable bonds is 12. The highest BCUT2D eigenvalue weighted by Gasteiger charge is 2.25. The summed E-state index contributed by atoms with van der Waals surface area (Å²) < 4.78 is 10.9. The van der Waals surface area contributed by atoms with Crippen LogP contribution in [0.1, 0.15) is 36.7 Å². The zero-order chi connectivity index (χ0) is 26.9. The Balaban J connectivity index is 1.55. The number of hydrogen-bond acceptors (Lipinski definition) is 7. The number of pyridine rings is 1. The molecular formula is C28H31N3O6. The van der Waals surface area contributed by atoms with E-state index in [0.29, 0.717) is 22.8 Å². The zero-order valence-corrected chi connectivity index (χ0v) is 21.4. The molecule has 0 saturated carbocycles. The molecule has 0 radical (unpaired) electrons. The zero-order valence-electron chi connectivity index (χ0n) is 21.4. The van der Waals surface area contributed by atoms with E-state index in [1.54, 1.807) is 38.2 Å². The van der Waals surface area contributed by atoms with Crippen LogP contribution in [0.5, 0.6) is 11.6 Å². The van der Waals surface area contributed by atoms with Crippen LogP contribution < -0.4 is 20.1 Å². The number of ether oxygens (including phenoxy) is 2. The molecule has 1 atom stereocenters. The molecule has 2 N–H and O–H groups in total. The lowest BCUT2D eigenvalue weighted by Crippen LogP contribution is -2.51. The molecule has 0 aliphatic carbocycles. The Hall–Kier alpha value is -4.27. The fraction of sp³-hybridized carbons (Fsp3) is 0.321. The van der Waals surface area contributed by atoms with Gasteiger partial charge in [-0.3, -0.25) is 19.2 Å². The number of carbonyl (C=O) groups excluding carboxylic acids is 4. The minimum absolute atomic E-state index is 0.0778. The molecule has 0 saturated heterocycles. The van der Waals surface area contributed by atoms with Crippen molar-refractivity contribution in [2.75, 3.05) is 20.3 Å². The summed E-state index contributed by atoms with van der Waals surface area (Å²) in [5.74, 6) is -0.794. The molecule has 2 amide bonds. The van der Waals surface area contributed by atoms with Gasteiger partial charge in [0.1, 0.15) is 11.8 Å². The van der Waals surface area contributed by atoms with E-state index >= 15 is 0 Å². The van der Waals surface area contributed by atoms with E-state index in [2.05, 4.69) is 15.6 Å². The first-order chi connectivity index (χ1) is 17.7. The van der Waals surface area contributed by atoms with Gasteiger partial charge in [-0.1, -0.05) is 32.0 Å². The number of nitrogens with zero attached hydrogens (tertiary/aromatic N) is 1. The normalized spacial score (nSPS) is 11.6. The third kappa shape index (κ3) is 7.36. The van der Waals surface area contributed by atoms with Gasteiger partial charge >= 0.3 is 0 Å². The predicted octanol–water partition coefficient (Wildman–Crippen LogP) is 2.89. The summed E-state index contributed by atoms with van der Waals surface area (Å²) in [6.07, 6.45) is 1.53. The van der Waals surface area contributed by atoms with Gasteiger partial charge in [-0.25, -0.2) is 4.98 Å². The molecule has 194 valence electrons. The Labute approximate surface area is 215 Å². The van der Waals surface area contributed by atoms with Gasteiger partial charge in [0, 0.05) is 22.7 Å². The highest BCUT2D eigenvalue weighted by atomic mass is 16.5. The fourth-order valence-corrected chi connectivity index (χ4v) is 3.77. The predicted molar refractivity (Wildman–Crippen MR) is 139 cm³/mol. The Kier molecular flexibility index (Phi) is 9.32. The highest BCUT2D eigenvalue weighted by molar-refractivity contribution is 5.95.